The van der Waals surface area contributed by atoms with Crippen molar-refractivity contribution in [1.29, 1.82) is 0 Å². The Morgan fingerprint density at radius 1 is 1.10 bits per heavy atom. The van der Waals surface area contributed by atoms with E-state index in [9.17, 15) is 0 Å². The second kappa shape index (κ2) is 12.8. The van der Waals surface area contributed by atoms with Gasteiger partial charge < -0.3 is 18.5 Å². The molecule has 1 aromatic carbocycles. The number of fused-ring (bicyclic) bond motifs is 1. The van der Waals surface area contributed by atoms with Crippen LogP contribution in [0.1, 0.15) is 69.7 Å². The molecule has 0 atom stereocenters. The third kappa shape index (κ3) is 6.33. The summed E-state index contributed by atoms with van der Waals surface area (Å²) in [6.07, 6.45) is 16.6. The largest absolute Gasteiger partial charge is 0.493 e. The zero-order chi connectivity index (χ0) is 27.9. The molecule has 208 valence electrons. The number of methoxy groups -OCH3 is 1. The van der Waals surface area contributed by atoms with Crippen LogP contribution in [-0.4, -0.2) is 38.4 Å². The zero-order valence-corrected chi connectivity index (χ0v) is 23.6. The second-order valence-electron chi connectivity index (χ2n) is 10.2. The van der Waals surface area contributed by atoms with E-state index in [0.717, 1.165) is 58.6 Å². The number of pyridine rings is 1. The van der Waals surface area contributed by atoms with Crippen molar-refractivity contribution >= 4 is 11.2 Å². The van der Waals surface area contributed by atoms with Gasteiger partial charge in [0, 0.05) is 12.1 Å². The molecule has 8 nitrogen and oxygen atoms in total. The molecule has 1 aliphatic rings. The summed E-state index contributed by atoms with van der Waals surface area (Å²) >= 11 is 0. The Bertz CT molecular complexity index is 1520. The first-order chi connectivity index (χ1) is 19.6. The maximum Gasteiger partial charge on any atom is 0.249 e. The number of nitrogens with zero attached hydrogens (tertiary/aromatic N) is 5. The molecule has 3 heterocycles. The van der Waals surface area contributed by atoms with Gasteiger partial charge in [0.05, 0.1) is 25.5 Å². The summed E-state index contributed by atoms with van der Waals surface area (Å²) in [5.74, 6) is 2.98. The summed E-state index contributed by atoms with van der Waals surface area (Å²) in [6, 6.07) is 7.93. The van der Waals surface area contributed by atoms with Gasteiger partial charge >= 0.3 is 0 Å². The maximum absolute atomic E-state index is 6.08. The quantitative estimate of drug-likeness (QED) is 0.183. The molecule has 0 saturated heterocycles. The predicted octanol–water partition coefficient (Wildman–Crippen LogP) is 7.43. The predicted molar refractivity (Wildman–Crippen MR) is 157 cm³/mol. The van der Waals surface area contributed by atoms with Crippen molar-refractivity contribution in [2.24, 2.45) is 0 Å². The molecule has 1 fully saturated rings. The third-order valence-electron chi connectivity index (χ3n) is 7.43. The van der Waals surface area contributed by atoms with E-state index in [1.165, 1.54) is 19.3 Å². The highest BCUT2D eigenvalue weighted by atomic mass is 16.5. The minimum Gasteiger partial charge on any atom is -0.493 e. The van der Waals surface area contributed by atoms with E-state index >= 15 is 0 Å². The molecular formula is C32H37N5O3. The Morgan fingerprint density at radius 3 is 2.73 bits per heavy atom. The third-order valence-corrected chi connectivity index (χ3v) is 7.43. The van der Waals surface area contributed by atoms with Crippen LogP contribution in [-0.2, 0) is 6.54 Å². The van der Waals surface area contributed by atoms with Crippen molar-refractivity contribution in [3.05, 3.63) is 84.2 Å². The number of ether oxygens (including phenoxy) is 2. The SMILES string of the molecule is C=C(/C=C\C(=C/C)COc1ccc(Cn2cnc3cc(-c4nnc(C5CCCCC5)o4)cnc32)cc1OC)CC. The highest BCUT2D eigenvalue weighted by Crippen LogP contribution is 2.33. The van der Waals surface area contributed by atoms with E-state index in [1.54, 1.807) is 19.6 Å². The van der Waals surface area contributed by atoms with E-state index in [1.807, 2.05) is 54.0 Å². The van der Waals surface area contributed by atoms with Crippen molar-refractivity contribution in [2.45, 2.75) is 64.8 Å². The Kier molecular flexibility index (Phi) is 8.74. The molecule has 0 N–H and O–H groups in total. The monoisotopic (exact) mass is 539 g/mol. The van der Waals surface area contributed by atoms with Crippen LogP contribution in [0.3, 0.4) is 0 Å². The summed E-state index contributed by atoms with van der Waals surface area (Å²) in [7, 11) is 1.65. The van der Waals surface area contributed by atoms with Crippen LogP contribution in [0.15, 0.2) is 77.2 Å². The molecule has 0 unspecified atom stereocenters. The van der Waals surface area contributed by atoms with E-state index in [0.29, 0.717) is 36.5 Å². The lowest BCUT2D eigenvalue weighted by Crippen LogP contribution is -2.04. The molecule has 4 aromatic rings. The summed E-state index contributed by atoms with van der Waals surface area (Å²) in [4.78, 5) is 9.28. The summed E-state index contributed by atoms with van der Waals surface area (Å²) in [5.41, 5.74) is 5.55. The minimum atomic E-state index is 0.368. The molecule has 40 heavy (non-hydrogen) atoms. The maximum atomic E-state index is 6.08. The highest BCUT2D eigenvalue weighted by molar-refractivity contribution is 5.76. The molecular weight excluding hydrogens is 502 g/mol. The van der Waals surface area contributed by atoms with Crippen LogP contribution in [0.4, 0.5) is 0 Å². The van der Waals surface area contributed by atoms with Gasteiger partial charge in [0.2, 0.25) is 11.8 Å². The fourth-order valence-electron chi connectivity index (χ4n) is 4.91. The lowest BCUT2D eigenvalue weighted by Gasteiger charge is -2.17. The number of allylic oxidation sites excluding steroid dienone is 3. The molecule has 0 bridgehead atoms. The van der Waals surface area contributed by atoms with Gasteiger partial charge in [-0.2, -0.15) is 0 Å². The smallest absolute Gasteiger partial charge is 0.249 e. The van der Waals surface area contributed by atoms with Crippen molar-refractivity contribution in [3.63, 3.8) is 0 Å². The minimum absolute atomic E-state index is 0.368. The summed E-state index contributed by atoms with van der Waals surface area (Å²) < 4.78 is 19.8. The number of hydrogen-bond donors (Lipinski definition) is 0. The molecule has 1 saturated carbocycles. The van der Waals surface area contributed by atoms with E-state index in [2.05, 4.69) is 33.7 Å². The number of benzene rings is 1. The van der Waals surface area contributed by atoms with E-state index < -0.39 is 0 Å². The van der Waals surface area contributed by atoms with E-state index in [4.69, 9.17) is 13.9 Å². The Labute approximate surface area is 235 Å². The summed E-state index contributed by atoms with van der Waals surface area (Å²) in [6.45, 7) is 9.15. The molecule has 8 heteroatoms. The molecule has 5 rings (SSSR count). The van der Waals surface area contributed by atoms with Gasteiger partial charge in [-0.3, -0.25) is 0 Å². The standard InChI is InChI=1S/C32H37N5O3/c1-5-22(3)12-13-23(6-2)20-39-28-15-14-24(16-29(28)38-4)19-37-21-34-27-17-26(18-33-30(27)37)32-36-35-31(40-32)25-10-8-7-9-11-25/h6,12-18,21,25H,3,5,7-11,19-20H2,1-2,4H3/b13-12-,23-6+. The molecule has 3 aromatic heterocycles. The van der Waals surface area contributed by atoms with Gasteiger partial charge in [0.25, 0.3) is 0 Å². The van der Waals surface area contributed by atoms with Gasteiger partial charge in [0.1, 0.15) is 12.1 Å². The Hall–Kier alpha value is -4.20. The van der Waals surface area contributed by atoms with E-state index in [-0.39, 0.29) is 0 Å². The first kappa shape index (κ1) is 27.4. The van der Waals surface area contributed by atoms with Gasteiger partial charge in [-0.15, -0.1) is 10.2 Å². The van der Waals surface area contributed by atoms with Crippen LogP contribution < -0.4 is 9.47 Å². The van der Waals surface area contributed by atoms with Gasteiger partial charge in [-0.25, -0.2) is 9.97 Å². The lowest BCUT2D eigenvalue weighted by atomic mass is 9.89. The number of imidazole rings is 1. The Morgan fingerprint density at radius 2 is 1.95 bits per heavy atom. The molecule has 0 aliphatic heterocycles. The topological polar surface area (TPSA) is 88.1 Å². The highest BCUT2D eigenvalue weighted by Gasteiger charge is 2.22. The molecule has 0 spiro atoms. The second-order valence-corrected chi connectivity index (χ2v) is 10.2. The number of hydrogen-bond acceptors (Lipinski definition) is 7. The van der Waals surface area contributed by atoms with Crippen LogP contribution in [0.2, 0.25) is 0 Å². The average Bonchev–Trinajstić information content (AvgIpc) is 3.65. The van der Waals surface area contributed by atoms with Gasteiger partial charge in [0.15, 0.2) is 17.1 Å². The first-order valence-corrected chi connectivity index (χ1v) is 14.0. The Balaban J connectivity index is 1.27. The van der Waals surface area contributed by atoms with Crippen LogP contribution >= 0.6 is 0 Å². The fraction of sp³-hybridized carbons (Fsp3) is 0.375. The number of aromatic nitrogens is 5. The molecule has 0 amide bonds. The summed E-state index contributed by atoms with van der Waals surface area (Å²) in [5, 5.41) is 8.62. The van der Waals surface area contributed by atoms with Crippen molar-refractivity contribution in [3.8, 4) is 23.0 Å². The van der Waals surface area contributed by atoms with Crippen LogP contribution in [0.25, 0.3) is 22.6 Å². The van der Waals surface area contributed by atoms with Crippen molar-refractivity contribution in [1.82, 2.24) is 24.7 Å². The van der Waals surface area contributed by atoms with Gasteiger partial charge in [-0.05, 0) is 55.5 Å². The lowest BCUT2D eigenvalue weighted by molar-refractivity contribution is 0.321. The van der Waals surface area contributed by atoms with Crippen molar-refractivity contribution < 1.29 is 13.9 Å². The zero-order valence-electron chi connectivity index (χ0n) is 23.6. The number of rotatable bonds is 11. The normalized spacial score (nSPS) is 14.7. The average molecular weight is 540 g/mol. The first-order valence-electron chi connectivity index (χ1n) is 14.0. The van der Waals surface area contributed by atoms with Crippen LogP contribution in [0, 0.1) is 0 Å². The molecule has 1 aliphatic carbocycles. The van der Waals surface area contributed by atoms with Crippen molar-refractivity contribution in [2.75, 3.05) is 13.7 Å². The molecule has 0 radical (unpaired) electrons. The van der Waals surface area contributed by atoms with Crippen LogP contribution in [0.5, 0.6) is 11.5 Å². The van der Waals surface area contributed by atoms with Gasteiger partial charge in [-0.1, -0.05) is 62.6 Å². The fourth-order valence-corrected chi connectivity index (χ4v) is 4.91.